The van der Waals surface area contributed by atoms with E-state index in [4.69, 9.17) is 16.3 Å². The van der Waals surface area contributed by atoms with Crippen molar-refractivity contribution in [3.05, 3.63) is 63.4 Å². The Morgan fingerprint density at radius 3 is 2.67 bits per heavy atom. The van der Waals surface area contributed by atoms with Crippen LogP contribution in [0.15, 0.2) is 42.7 Å². The number of ether oxygens (including phenoxy) is 1. The van der Waals surface area contributed by atoms with Crippen LogP contribution in [0.4, 0.5) is 28.1 Å². The van der Waals surface area contributed by atoms with Crippen molar-refractivity contribution in [1.29, 1.82) is 0 Å². The maximum absolute atomic E-state index is 11.8. The molecule has 4 rings (SSSR count). The first-order valence-corrected chi connectivity index (χ1v) is 9.89. The van der Waals surface area contributed by atoms with Gasteiger partial charge in [0.2, 0.25) is 11.6 Å². The fraction of sp³-hybridized carbons (Fsp3) is 0.105. The fourth-order valence-corrected chi connectivity index (χ4v) is 3.86. The smallest absolute Gasteiger partial charge is 0.353 e. The van der Waals surface area contributed by atoms with Crippen LogP contribution in [0.5, 0.6) is 5.75 Å². The molecule has 0 unspecified atom stereocenters. The van der Waals surface area contributed by atoms with E-state index in [1.807, 2.05) is 19.1 Å². The lowest BCUT2D eigenvalue weighted by atomic mass is 10.2. The molecule has 4 aromatic rings. The standard InChI is InChI=1S/C19H15ClN6O3S/c1-10-12(20)4-3-5-13(10)23-17-16(26(27)28)18(22-9-21-17)25-19-24-14-7-6-11(29-2)8-15(14)30-19/h3-9H,1-2H3,(H2,21,22,23,24,25). The number of nitrogens with zero attached hydrogens (tertiary/aromatic N) is 4. The molecule has 9 nitrogen and oxygen atoms in total. The molecule has 0 saturated carbocycles. The van der Waals surface area contributed by atoms with E-state index in [1.54, 1.807) is 31.4 Å². The van der Waals surface area contributed by atoms with Crippen molar-refractivity contribution in [3.8, 4) is 5.75 Å². The first-order valence-electron chi connectivity index (χ1n) is 8.69. The third-order valence-electron chi connectivity index (χ3n) is 4.35. The number of hydrogen-bond acceptors (Lipinski definition) is 9. The van der Waals surface area contributed by atoms with Crippen LogP contribution in [0.2, 0.25) is 5.02 Å². The van der Waals surface area contributed by atoms with E-state index in [2.05, 4.69) is 25.6 Å². The van der Waals surface area contributed by atoms with E-state index in [9.17, 15) is 10.1 Å². The third-order valence-corrected chi connectivity index (χ3v) is 5.69. The van der Waals surface area contributed by atoms with Crippen molar-refractivity contribution in [2.24, 2.45) is 0 Å². The van der Waals surface area contributed by atoms with Crippen LogP contribution in [-0.2, 0) is 0 Å². The molecule has 0 radical (unpaired) electrons. The number of halogens is 1. The first kappa shape index (κ1) is 19.8. The van der Waals surface area contributed by atoms with Crippen LogP contribution in [0.1, 0.15) is 5.56 Å². The van der Waals surface area contributed by atoms with Crippen LogP contribution in [0.3, 0.4) is 0 Å². The Bertz CT molecular complexity index is 1260. The summed E-state index contributed by atoms with van der Waals surface area (Å²) in [7, 11) is 1.59. The predicted octanol–water partition coefficient (Wildman–Crippen LogP) is 5.45. The Balaban J connectivity index is 1.71. The second-order valence-electron chi connectivity index (χ2n) is 6.19. The Labute approximate surface area is 179 Å². The van der Waals surface area contributed by atoms with Crippen molar-refractivity contribution in [1.82, 2.24) is 15.0 Å². The zero-order valence-corrected chi connectivity index (χ0v) is 17.4. The summed E-state index contributed by atoms with van der Waals surface area (Å²) in [6, 6.07) is 10.7. The highest BCUT2D eigenvalue weighted by atomic mass is 35.5. The van der Waals surface area contributed by atoms with Gasteiger partial charge in [0.05, 0.1) is 22.2 Å². The van der Waals surface area contributed by atoms with Gasteiger partial charge in [0.15, 0.2) is 5.13 Å². The maximum Gasteiger partial charge on any atom is 0.353 e. The zero-order chi connectivity index (χ0) is 21.3. The second-order valence-corrected chi connectivity index (χ2v) is 7.63. The number of thiazole rings is 1. The summed E-state index contributed by atoms with van der Waals surface area (Å²) < 4.78 is 6.10. The minimum atomic E-state index is -0.541. The van der Waals surface area contributed by atoms with Gasteiger partial charge in [0.1, 0.15) is 12.1 Å². The van der Waals surface area contributed by atoms with Crippen LogP contribution < -0.4 is 15.4 Å². The molecule has 152 valence electrons. The summed E-state index contributed by atoms with van der Waals surface area (Å²) in [5, 5.41) is 18.7. The Morgan fingerprint density at radius 2 is 1.93 bits per heavy atom. The molecule has 0 aliphatic carbocycles. The summed E-state index contributed by atoms with van der Waals surface area (Å²) in [5.74, 6) is 0.781. The van der Waals surface area contributed by atoms with Gasteiger partial charge in [0.25, 0.3) is 0 Å². The molecule has 0 saturated heterocycles. The van der Waals surface area contributed by atoms with Gasteiger partial charge in [-0.25, -0.2) is 15.0 Å². The molecule has 2 aromatic carbocycles. The van der Waals surface area contributed by atoms with Gasteiger partial charge in [-0.05, 0) is 42.8 Å². The molecule has 0 bridgehead atoms. The lowest BCUT2D eigenvalue weighted by Gasteiger charge is -2.11. The third kappa shape index (κ3) is 3.82. The average molecular weight is 443 g/mol. The quantitative estimate of drug-likeness (QED) is 0.299. The average Bonchev–Trinajstić information content (AvgIpc) is 3.12. The first-order chi connectivity index (χ1) is 14.5. The largest absolute Gasteiger partial charge is 0.497 e. The molecule has 0 aliphatic rings. The SMILES string of the molecule is COc1ccc2nc(Nc3ncnc(Nc4cccc(Cl)c4C)c3[N+](=O)[O-])sc2c1. The number of hydrogen-bond donors (Lipinski definition) is 2. The molecule has 0 amide bonds. The van der Waals surface area contributed by atoms with Crippen LogP contribution in [0, 0.1) is 17.0 Å². The number of benzene rings is 2. The van der Waals surface area contributed by atoms with Crippen molar-refractivity contribution in [2.45, 2.75) is 6.92 Å². The van der Waals surface area contributed by atoms with E-state index in [0.29, 0.717) is 21.6 Å². The molecule has 2 N–H and O–H groups in total. The summed E-state index contributed by atoms with van der Waals surface area (Å²) in [6.07, 6.45) is 1.24. The van der Waals surface area contributed by atoms with Gasteiger partial charge in [-0.3, -0.25) is 10.1 Å². The Kier molecular flexibility index (Phi) is 5.34. The molecule has 2 aromatic heterocycles. The zero-order valence-electron chi connectivity index (χ0n) is 15.8. The molecule has 0 aliphatic heterocycles. The summed E-state index contributed by atoms with van der Waals surface area (Å²) in [6.45, 7) is 1.81. The summed E-state index contributed by atoms with van der Waals surface area (Å²) in [5.41, 5.74) is 1.81. The predicted molar refractivity (Wildman–Crippen MR) is 118 cm³/mol. The second kappa shape index (κ2) is 8.09. The van der Waals surface area contributed by atoms with Crippen molar-refractivity contribution >= 4 is 61.3 Å². The maximum atomic E-state index is 11.8. The molecule has 30 heavy (non-hydrogen) atoms. The number of nitrogens with one attached hydrogen (secondary N) is 2. The van der Waals surface area contributed by atoms with Crippen LogP contribution >= 0.6 is 22.9 Å². The molecule has 0 fully saturated rings. The minimum absolute atomic E-state index is 0.0307. The summed E-state index contributed by atoms with van der Waals surface area (Å²) in [4.78, 5) is 23.8. The van der Waals surface area contributed by atoms with Gasteiger partial charge in [-0.15, -0.1) is 0 Å². The number of fused-ring (bicyclic) bond motifs is 1. The summed E-state index contributed by atoms with van der Waals surface area (Å²) >= 11 is 7.48. The Morgan fingerprint density at radius 1 is 1.17 bits per heavy atom. The highest BCUT2D eigenvalue weighted by Crippen LogP contribution is 2.36. The molecular formula is C19H15ClN6O3S. The van der Waals surface area contributed by atoms with Crippen LogP contribution in [0.25, 0.3) is 10.2 Å². The van der Waals surface area contributed by atoms with Gasteiger partial charge in [0, 0.05) is 10.7 Å². The molecule has 11 heteroatoms. The van der Waals surface area contributed by atoms with E-state index >= 15 is 0 Å². The van der Waals surface area contributed by atoms with Crippen molar-refractivity contribution < 1.29 is 9.66 Å². The fourth-order valence-electron chi connectivity index (χ4n) is 2.79. The van der Waals surface area contributed by atoms with Gasteiger partial charge in [-0.2, -0.15) is 0 Å². The number of rotatable bonds is 6. The highest BCUT2D eigenvalue weighted by Gasteiger charge is 2.24. The number of methoxy groups -OCH3 is 1. The Hall–Kier alpha value is -3.50. The monoisotopic (exact) mass is 442 g/mol. The van der Waals surface area contributed by atoms with E-state index in [-0.39, 0.29) is 17.3 Å². The van der Waals surface area contributed by atoms with E-state index < -0.39 is 4.92 Å². The molecule has 0 spiro atoms. The lowest BCUT2D eigenvalue weighted by molar-refractivity contribution is -0.383. The van der Waals surface area contributed by atoms with Gasteiger partial charge >= 0.3 is 5.69 Å². The highest BCUT2D eigenvalue weighted by molar-refractivity contribution is 7.22. The molecular weight excluding hydrogens is 428 g/mol. The van der Waals surface area contributed by atoms with Gasteiger partial charge < -0.3 is 15.4 Å². The number of nitro groups is 1. The van der Waals surface area contributed by atoms with E-state index in [1.165, 1.54) is 17.7 Å². The van der Waals surface area contributed by atoms with Crippen molar-refractivity contribution in [3.63, 3.8) is 0 Å². The number of anilines is 4. The van der Waals surface area contributed by atoms with Crippen LogP contribution in [-0.4, -0.2) is 27.0 Å². The van der Waals surface area contributed by atoms with Gasteiger partial charge in [-0.1, -0.05) is 29.0 Å². The molecule has 0 atom stereocenters. The minimum Gasteiger partial charge on any atom is -0.497 e. The van der Waals surface area contributed by atoms with Crippen molar-refractivity contribution in [2.75, 3.05) is 17.7 Å². The topological polar surface area (TPSA) is 115 Å². The normalized spacial score (nSPS) is 10.8. The number of aromatic nitrogens is 3. The lowest BCUT2D eigenvalue weighted by Crippen LogP contribution is -2.06. The van der Waals surface area contributed by atoms with E-state index in [0.717, 1.165) is 15.8 Å². The molecule has 2 heterocycles.